The standard InChI is InChI=1S/C20H13NO4S/c21-18-15(25-10-5-7-11(26)8-6-10)9-14(22)16-17(18)20(24)13-4-2-1-3-12(13)19(16)23/h1-9,22,26H,21H2. The predicted molar refractivity (Wildman–Crippen MR) is 99.6 cm³/mol. The molecular formula is C20H13NO4S. The number of fused-ring (bicyclic) bond motifs is 2. The second-order valence-corrected chi connectivity index (χ2v) is 6.37. The number of rotatable bonds is 2. The number of ether oxygens (including phenoxy) is 1. The molecule has 0 aromatic heterocycles. The molecule has 0 unspecified atom stereocenters. The largest absolute Gasteiger partial charge is 0.507 e. The van der Waals surface area contributed by atoms with Crippen LogP contribution < -0.4 is 10.5 Å². The SMILES string of the molecule is Nc1c(Oc2ccc(S)cc2)cc(O)c2c1C(=O)c1ccccc1C2=O. The Labute approximate surface area is 154 Å². The van der Waals surface area contributed by atoms with Gasteiger partial charge in [0.15, 0.2) is 17.3 Å². The lowest BCUT2D eigenvalue weighted by Gasteiger charge is -2.21. The molecule has 0 aliphatic heterocycles. The lowest BCUT2D eigenvalue weighted by atomic mass is 9.82. The van der Waals surface area contributed by atoms with Crippen LogP contribution >= 0.6 is 12.6 Å². The van der Waals surface area contributed by atoms with E-state index >= 15 is 0 Å². The summed E-state index contributed by atoms with van der Waals surface area (Å²) in [5.41, 5.74) is 6.53. The summed E-state index contributed by atoms with van der Waals surface area (Å²) < 4.78 is 5.70. The second kappa shape index (κ2) is 5.93. The third-order valence-electron chi connectivity index (χ3n) is 4.24. The maximum absolute atomic E-state index is 12.9. The van der Waals surface area contributed by atoms with Crippen molar-refractivity contribution in [1.82, 2.24) is 0 Å². The van der Waals surface area contributed by atoms with Crippen LogP contribution in [0.4, 0.5) is 5.69 Å². The first kappa shape index (κ1) is 16.2. The Morgan fingerprint density at radius 1 is 0.885 bits per heavy atom. The molecule has 3 N–H and O–H groups in total. The number of ketones is 2. The first-order valence-corrected chi connectivity index (χ1v) is 8.23. The summed E-state index contributed by atoms with van der Waals surface area (Å²) in [6.07, 6.45) is 0. The van der Waals surface area contributed by atoms with Crippen LogP contribution in [0, 0.1) is 0 Å². The Morgan fingerprint density at radius 2 is 1.46 bits per heavy atom. The van der Waals surface area contributed by atoms with Crippen molar-refractivity contribution in [1.29, 1.82) is 0 Å². The lowest BCUT2D eigenvalue weighted by molar-refractivity contribution is 0.0977. The van der Waals surface area contributed by atoms with Gasteiger partial charge in [-0.2, -0.15) is 0 Å². The molecule has 4 rings (SSSR count). The fourth-order valence-electron chi connectivity index (χ4n) is 3.00. The van der Waals surface area contributed by atoms with E-state index in [0.717, 1.165) is 4.90 Å². The number of benzene rings is 3. The van der Waals surface area contributed by atoms with Crippen LogP contribution in [0.15, 0.2) is 59.5 Å². The van der Waals surface area contributed by atoms with Gasteiger partial charge in [-0.05, 0) is 24.3 Å². The zero-order valence-corrected chi connectivity index (χ0v) is 14.3. The monoisotopic (exact) mass is 363 g/mol. The molecule has 5 nitrogen and oxygen atoms in total. The van der Waals surface area contributed by atoms with Crippen molar-refractivity contribution >= 4 is 29.9 Å². The van der Waals surface area contributed by atoms with Gasteiger partial charge in [0.05, 0.1) is 16.8 Å². The molecule has 0 saturated carbocycles. The minimum absolute atomic E-state index is 0.0144. The van der Waals surface area contributed by atoms with Crippen molar-refractivity contribution in [3.63, 3.8) is 0 Å². The molecule has 0 bridgehead atoms. The Kier molecular flexibility index (Phi) is 3.70. The number of carbonyl (C=O) groups is 2. The van der Waals surface area contributed by atoms with Gasteiger partial charge in [0.2, 0.25) is 0 Å². The summed E-state index contributed by atoms with van der Waals surface area (Å²) in [4.78, 5) is 26.3. The topological polar surface area (TPSA) is 89.6 Å². The van der Waals surface area contributed by atoms with Gasteiger partial charge in [0.25, 0.3) is 0 Å². The molecule has 0 heterocycles. The van der Waals surface area contributed by atoms with Gasteiger partial charge in [-0.1, -0.05) is 24.3 Å². The highest BCUT2D eigenvalue weighted by atomic mass is 32.1. The molecule has 0 amide bonds. The summed E-state index contributed by atoms with van der Waals surface area (Å²) in [7, 11) is 0. The Hall–Kier alpha value is -3.25. The number of nitrogen functional groups attached to an aromatic ring is 1. The quantitative estimate of drug-likeness (QED) is 0.286. The molecule has 0 radical (unpaired) electrons. The van der Waals surface area contributed by atoms with Crippen molar-refractivity contribution in [2.45, 2.75) is 4.90 Å². The first-order chi connectivity index (χ1) is 12.5. The van der Waals surface area contributed by atoms with E-state index in [1.165, 1.54) is 6.07 Å². The van der Waals surface area contributed by atoms with Crippen LogP contribution in [0.25, 0.3) is 0 Å². The summed E-state index contributed by atoms with van der Waals surface area (Å²) in [5.74, 6) is -0.634. The minimum atomic E-state index is -0.439. The molecule has 0 atom stereocenters. The normalized spacial score (nSPS) is 12.5. The van der Waals surface area contributed by atoms with Gasteiger partial charge in [-0.3, -0.25) is 9.59 Å². The van der Waals surface area contributed by atoms with Crippen LogP contribution in [0.2, 0.25) is 0 Å². The second-order valence-electron chi connectivity index (χ2n) is 5.86. The number of aromatic hydroxyl groups is 1. The van der Waals surface area contributed by atoms with E-state index in [1.807, 2.05) is 0 Å². The molecule has 6 heteroatoms. The van der Waals surface area contributed by atoms with Gasteiger partial charge in [0, 0.05) is 22.1 Å². The molecule has 1 aliphatic carbocycles. The molecule has 0 fully saturated rings. The first-order valence-electron chi connectivity index (χ1n) is 7.78. The van der Waals surface area contributed by atoms with E-state index in [4.69, 9.17) is 10.5 Å². The number of nitrogens with two attached hydrogens (primary N) is 1. The highest BCUT2D eigenvalue weighted by Gasteiger charge is 2.35. The molecule has 1 aliphatic rings. The Morgan fingerprint density at radius 3 is 2.08 bits per heavy atom. The van der Waals surface area contributed by atoms with Gasteiger partial charge < -0.3 is 15.6 Å². The maximum Gasteiger partial charge on any atom is 0.198 e. The number of hydrogen-bond acceptors (Lipinski definition) is 6. The van der Waals surface area contributed by atoms with E-state index < -0.39 is 11.6 Å². The van der Waals surface area contributed by atoms with Crippen molar-refractivity contribution in [2.24, 2.45) is 0 Å². The molecule has 3 aromatic carbocycles. The van der Waals surface area contributed by atoms with Gasteiger partial charge in [0.1, 0.15) is 11.5 Å². The average molecular weight is 363 g/mol. The minimum Gasteiger partial charge on any atom is -0.507 e. The third-order valence-corrected chi connectivity index (χ3v) is 4.54. The number of phenolic OH excluding ortho intramolecular Hbond substituents is 1. The molecule has 128 valence electrons. The predicted octanol–water partition coefficient (Wildman–Crippen LogP) is 3.83. The van der Waals surface area contributed by atoms with Crippen LogP contribution in [-0.2, 0) is 0 Å². The van der Waals surface area contributed by atoms with Gasteiger partial charge >= 0.3 is 0 Å². The number of phenols is 1. The van der Waals surface area contributed by atoms with E-state index in [9.17, 15) is 14.7 Å². The molecule has 26 heavy (non-hydrogen) atoms. The smallest absolute Gasteiger partial charge is 0.198 e. The fourth-order valence-corrected chi connectivity index (χ4v) is 3.15. The Balaban J connectivity index is 1.87. The van der Waals surface area contributed by atoms with Crippen LogP contribution in [0.3, 0.4) is 0 Å². The van der Waals surface area contributed by atoms with Gasteiger partial charge in [-0.15, -0.1) is 12.6 Å². The molecular weight excluding hydrogens is 350 g/mol. The molecule has 0 saturated heterocycles. The average Bonchev–Trinajstić information content (AvgIpc) is 2.64. The van der Waals surface area contributed by atoms with Crippen LogP contribution in [0.5, 0.6) is 17.2 Å². The van der Waals surface area contributed by atoms with Crippen molar-refractivity contribution in [3.05, 3.63) is 76.9 Å². The van der Waals surface area contributed by atoms with Crippen molar-refractivity contribution < 1.29 is 19.4 Å². The van der Waals surface area contributed by atoms with Gasteiger partial charge in [-0.25, -0.2) is 0 Å². The summed E-state index contributed by atoms with van der Waals surface area (Å²) >= 11 is 4.21. The third kappa shape index (κ3) is 2.43. The van der Waals surface area contributed by atoms with Crippen molar-refractivity contribution in [2.75, 3.05) is 5.73 Å². The summed E-state index contributed by atoms with van der Waals surface area (Å²) in [5, 5.41) is 10.4. The number of carbonyl (C=O) groups excluding carboxylic acids is 2. The highest BCUT2D eigenvalue weighted by Crippen LogP contribution is 2.42. The van der Waals surface area contributed by atoms with Crippen molar-refractivity contribution in [3.8, 4) is 17.2 Å². The van der Waals surface area contributed by atoms with E-state index in [2.05, 4.69) is 12.6 Å². The highest BCUT2D eigenvalue weighted by molar-refractivity contribution is 7.80. The number of anilines is 1. The zero-order valence-electron chi connectivity index (χ0n) is 13.4. The fraction of sp³-hybridized carbons (Fsp3) is 0. The van der Waals surface area contributed by atoms with E-state index in [-0.39, 0.29) is 39.4 Å². The summed E-state index contributed by atoms with van der Waals surface area (Å²) in [6.45, 7) is 0. The Bertz CT molecular complexity index is 1070. The number of thiol groups is 1. The number of hydrogen-bond donors (Lipinski definition) is 3. The van der Waals surface area contributed by atoms with Crippen LogP contribution in [0.1, 0.15) is 31.8 Å². The van der Waals surface area contributed by atoms with Crippen LogP contribution in [-0.4, -0.2) is 16.7 Å². The molecule has 0 spiro atoms. The van der Waals surface area contributed by atoms with E-state index in [0.29, 0.717) is 5.75 Å². The zero-order chi connectivity index (χ0) is 18.4. The lowest BCUT2D eigenvalue weighted by Crippen LogP contribution is -2.22. The molecule has 3 aromatic rings. The van der Waals surface area contributed by atoms with E-state index in [1.54, 1.807) is 48.5 Å². The summed E-state index contributed by atoms with van der Waals surface area (Å²) in [6, 6.07) is 14.5. The maximum atomic E-state index is 12.9.